The van der Waals surface area contributed by atoms with Gasteiger partial charge in [-0.25, -0.2) is 0 Å². The highest BCUT2D eigenvalue weighted by Gasteiger charge is 2.32. The molecule has 1 N–H and O–H groups in total. The van der Waals surface area contributed by atoms with Gasteiger partial charge in [0.2, 0.25) is 5.91 Å². The Morgan fingerprint density at radius 3 is 2.72 bits per heavy atom. The first-order chi connectivity index (χ1) is 8.56. The van der Waals surface area contributed by atoms with Gasteiger partial charge in [0.05, 0.1) is 4.34 Å². The van der Waals surface area contributed by atoms with Crippen LogP contribution in [0.25, 0.3) is 6.08 Å². The molecule has 2 rings (SSSR count). The number of halogens is 1. The van der Waals surface area contributed by atoms with E-state index < -0.39 is 5.97 Å². The maximum Gasteiger partial charge on any atom is 0.323 e. The number of rotatable bonds is 5. The number of carbonyl (C=O) groups is 2. The van der Waals surface area contributed by atoms with Crippen LogP contribution in [-0.2, 0) is 9.59 Å². The van der Waals surface area contributed by atoms with Gasteiger partial charge in [-0.2, -0.15) is 0 Å². The summed E-state index contributed by atoms with van der Waals surface area (Å²) >= 11 is 7.15. The fraction of sp³-hybridized carbons (Fsp3) is 0.333. The van der Waals surface area contributed by atoms with Crippen molar-refractivity contribution < 1.29 is 14.7 Å². The van der Waals surface area contributed by atoms with Gasteiger partial charge in [0.15, 0.2) is 0 Å². The van der Waals surface area contributed by atoms with Crippen LogP contribution in [0, 0.1) is 0 Å². The SMILES string of the molecule is O=C(O)CN(C(=O)/C=C/c1ccc(Cl)s1)C1CC1. The molecule has 1 aliphatic carbocycles. The lowest BCUT2D eigenvalue weighted by atomic mass is 10.3. The van der Waals surface area contributed by atoms with Gasteiger partial charge in [-0.3, -0.25) is 9.59 Å². The maximum absolute atomic E-state index is 11.9. The minimum atomic E-state index is -0.984. The molecule has 18 heavy (non-hydrogen) atoms. The van der Waals surface area contributed by atoms with Crippen molar-refractivity contribution in [3.63, 3.8) is 0 Å². The minimum absolute atomic E-state index is 0.0881. The summed E-state index contributed by atoms with van der Waals surface area (Å²) in [6, 6.07) is 3.66. The quantitative estimate of drug-likeness (QED) is 0.846. The molecule has 0 aliphatic heterocycles. The van der Waals surface area contributed by atoms with Crippen LogP contribution in [-0.4, -0.2) is 34.5 Å². The Morgan fingerprint density at radius 1 is 1.50 bits per heavy atom. The van der Waals surface area contributed by atoms with E-state index in [1.54, 1.807) is 12.1 Å². The number of carboxylic acids is 1. The molecule has 0 saturated heterocycles. The van der Waals surface area contributed by atoms with Crippen molar-refractivity contribution >= 4 is 40.9 Å². The summed E-state index contributed by atoms with van der Waals surface area (Å²) in [4.78, 5) is 24.8. The van der Waals surface area contributed by atoms with Crippen molar-refractivity contribution in [3.8, 4) is 0 Å². The van der Waals surface area contributed by atoms with Crippen LogP contribution in [0.2, 0.25) is 4.34 Å². The smallest absolute Gasteiger partial charge is 0.323 e. The molecule has 0 unspecified atom stereocenters. The number of hydrogen-bond donors (Lipinski definition) is 1. The Kier molecular flexibility index (Phi) is 4.04. The summed E-state index contributed by atoms with van der Waals surface area (Å²) in [5.74, 6) is -1.24. The molecule has 1 saturated carbocycles. The first-order valence-electron chi connectivity index (χ1n) is 5.52. The molecule has 4 nitrogen and oxygen atoms in total. The van der Waals surface area contributed by atoms with E-state index in [0.717, 1.165) is 17.7 Å². The van der Waals surface area contributed by atoms with E-state index in [1.807, 2.05) is 6.07 Å². The summed E-state index contributed by atoms with van der Waals surface area (Å²) < 4.78 is 0.659. The second kappa shape index (κ2) is 5.54. The lowest BCUT2D eigenvalue weighted by Gasteiger charge is -2.17. The molecule has 1 amide bonds. The zero-order valence-corrected chi connectivity index (χ0v) is 11.1. The molecule has 1 fully saturated rings. The van der Waals surface area contributed by atoms with E-state index in [9.17, 15) is 9.59 Å². The molecule has 0 bridgehead atoms. The van der Waals surface area contributed by atoms with E-state index >= 15 is 0 Å². The number of carbonyl (C=O) groups excluding carboxylic acids is 1. The van der Waals surface area contributed by atoms with Crippen molar-refractivity contribution in [1.29, 1.82) is 0 Å². The van der Waals surface area contributed by atoms with Crippen molar-refractivity contribution in [3.05, 3.63) is 27.4 Å². The Hall–Kier alpha value is -1.33. The fourth-order valence-electron chi connectivity index (χ4n) is 1.59. The van der Waals surface area contributed by atoms with Gasteiger partial charge < -0.3 is 10.0 Å². The van der Waals surface area contributed by atoms with Gasteiger partial charge in [0.25, 0.3) is 0 Å². The predicted octanol–water partition coefficient (Wildman–Crippen LogP) is 2.49. The zero-order valence-electron chi connectivity index (χ0n) is 9.51. The Balaban J connectivity index is 2.00. The van der Waals surface area contributed by atoms with E-state index in [4.69, 9.17) is 16.7 Å². The van der Waals surface area contributed by atoms with Gasteiger partial charge in [-0.1, -0.05) is 11.6 Å². The lowest BCUT2D eigenvalue weighted by Crippen LogP contribution is -2.36. The summed E-state index contributed by atoms with van der Waals surface area (Å²) in [5, 5.41) is 8.76. The molecule has 0 atom stereocenters. The van der Waals surface area contributed by atoms with E-state index in [2.05, 4.69) is 0 Å². The third-order valence-electron chi connectivity index (χ3n) is 2.56. The van der Waals surface area contributed by atoms with Crippen molar-refractivity contribution in [2.75, 3.05) is 6.54 Å². The van der Waals surface area contributed by atoms with Crippen LogP contribution < -0.4 is 0 Å². The molecular formula is C12H12ClNO3S. The van der Waals surface area contributed by atoms with Gasteiger partial charge in [-0.15, -0.1) is 11.3 Å². The maximum atomic E-state index is 11.9. The van der Waals surface area contributed by atoms with E-state index in [0.29, 0.717) is 4.34 Å². The van der Waals surface area contributed by atoms with Crippen LogP contribution in [0.4, 0.5) is 0 Å². The molecule has 1 heterocycles. The average Bonchev–Trinajstić information content (AvgIpc) is 3.06. The second-order valence-corrected chi connectivity index (χ2v) is 5.81. The van der Waals surface area contributed by atoms with Crippen molar-refractivity contribution in [1.82, 2.24) is 4.90 Å². The highest BCUT2D eigenvalue weighted by Crippen LogP contribution is 2.27. The van der Waals surface area contributed by atoms with Gasteiger partial charge in [0, 0.05) is 17.0 Å². The highest BCUT2D eigenvalue weighted by atomic mass is 35.5. The van der Waals surface area contributed by atoms with Gasteiger partial charge >= 0.3 is 5.97 Å². The summed E-state index contributed by atoms with van der Waals surface area (Å²) in [7, 11) is 0. The Labute approximate surface area is 113 Å². The molecular weight excluding hydrogens is 274 g/mol. The average molecular weight is 286 g/mol. The zero-order chi connectivity index (χ0) is 13.1. The first kappa shape index (κ1) is 13.1. The standard InChI is InChI=1S/C12H12ClNO3S/c13-10-5-3-9(18-10)4-6-11(15)14(7-12(16)17)8-1-2-8/h3-6,8H,1-2,7H2,(H,16,17)/b6-4+. The van der Waals surface area contributed by atoms with E-state index in [1.165, 1.54) is 22.3 Å². The number of thiophene rings is 1. The molecule has 6 heteroatoms. The van der Waals surface area contributed by atoms with Crippen LogP contribution in [0.5, 0.6) is 0 Å². The third kappa shape index (κ3) is 3.58. The molecule has 1 aromatic heterocycles. The van der Waals surface area contributed by atoms with Gasteiger partial charge in [-0.05, 0) is 31.1 Å². The van der Waals surface area contributed by atoms with Crippen LogP contribution >= 0.6 is 22.9 Å². The number of hydrogen-bond acceptors (Lipinski definition) is 3. The molecule has 1 aromatic rings. The highest BCUT2D eigenvalue weighted by molar-refractivity contribution is 7.17. The van der Waals surface area contributed by atoms with Crippen molar-refractivity contribution in [2.45, 2.75) is 18.9 Å². The summed E-state index contributed by atoms with van der Waals surface area (Å²) in [6.45, 7) is -0.237. The number of carboxylic acid groups (broad SMARTS) is 1. The largest absolute Gasteiger partial charge is 0.480 e. The fourth-order valence-corrected chi connectivity index (χ4v) is 2.55. The number of nitrogens with zero attached hydrogens (tertiary/aromatic N) is 1. The predicted molar refractivity (Wildman–Crippen MR) is 70.7 cm³/mol. The minimum Gasteiger partial charge on any atom is -0.480 e. The Bertz CT molecular complexity index is 493. The molecule has 0 aromatic carbocycles. The molecule has 96 valence electrons. The number of aliphatic carboxylic acids is 1. The Morgan fingerprint density at radius 2 is 2.22 bits per heavy atom. The number of amides is 1. The van der Waals surface area contributed by atoms with Crippen LogP contribution in [0.1, 0.15) is 17.7 Å². The second-order valence-electron chi connectivity index (χ2n) is 4.07. The van der Waals surface area contributed by atoms with Crippen LogP contribution in [0.3, 0.4) is 0 Å². The summed E-state index contributed by atoms with van der Waals surface area (Å²) in [5.41, 5.74) is 0. The molecule has 1 aliphatic rings. The monoisotopic (exact) mass is 285 g/mol. The first-order valence-corrected chi connectivity index (χ1v) is 6.71. The third-order valence-corrected chi connectivity index (χ3v) is 3.76. The van der Waals surface area contributed by atoms with Crippen molar-refractivity contribution in [2.24, 2.45) is 0 Å². The lowest BCUT2D eigenvalue weighted by molar-refractivity contribution is -0.143. The van der Waals surface area contributed by atoms with Crippen LogP contribution in [0.15, 0.2) is 18.2 Å². The molecule has 0 spiro atoms. The summed E-state index contributed by atoms with van der Waals surface area (Å²) in [6.07, 6.45) is 4.84. The van der Waals surface area contributed by atoms with E-state index in [-0.39, 0.29) is 18.5 Å². The normalized spacial score (nSPS) is 14.9. The van der Waals surface area contributed by atoms with Gasteiger partial charge in [0.1, 0.15) is 6.54 Å². The topological polar surface area (TPSA) is 57.6 Å². The molecule has 0 radical (unpaired) electrons.